The van der Waals surface area contributed by atoms with Crippen molar-refractivity contribution in [3.63, 3.8) is 0 Å². The van der Waals surface area contributed by atoms with Gasteiger partial charge in [0.25, 0.3) is 5.91 Å². The summed E-state index contributed by atoms with van der Waals surface area (Å²) in [5.41, 5.74) is -1.03. The lowest BCUT2D eigenvalue weighted by Crippen LogP contribution is -3.11. The highest BCUT2D eigenvalue weighted by Crippen LogP contribution is 2.34. The minimum absolute atomic E-state index is 0.126. The van der Waals surface area contributed by atoms with Crippen molar-refractivity contribution in [2.75, 3.05) is 18.4 Å². The van der Waals surface area contributed by atoms with Gasteiger partial charge >= 0.3 is 6.18 Å². The van der Waals surface area contributed by atoms with Gasteiger partial charge in [0.1, 0.15) is 6.54 Å². The normalized spacial score (nSPS) is 12.9. The molecule has 2 rings (SSSR count). The van der Waals surface area contributed by atoms with Crippen LogP contribution in [0.25, 0.3) is 0 Å². The third-order valence-corrected chi connectivity index (χ3v) is 4.30. The van der Waals surface area contributed by atoms with Crippen LogP contribution in [-0.2, 0) is 17.5 Å². The number of benzene rings is 1. The lowest BCUT2D eigenvalue weighted by molar-refractivity contribution is -0.903. The lowest BCUT2D eigenvalue weighted by Gasteiger charge is -2.18. The van der Waals surface area contributed by atoms with Gasteiger partial charge in [0.2, 0.25) is 0 Å². The van der Waals surface area contributed by atoms with Crippen molar-refractivity contribution in [3.8, 4) is 0 Å². The Hall–Kier alpha value is -1.86. The summed E-state index contributed by atoms with van der Waals surface area (Å²) in [6, 6.07) is 8.93. The summed E-state index contributed by atoms with van der Waals surface area (Å²) in [7, 11) is 0. The second kappa shape index (κ2) is 7.61. The predicted octanol–water partition coefficient (Wildman–Crippen LogP) is 2.81. The number of para-hydroxylation sites is 1. The highest BCUT2D eigenvalue weighted by molar-refractivity contribution is 7.09. The smallest absolute Gasteiger partial charge is 0.323 e. The molecule has 1 amide bonds. The molecule has 2 aromatic rings. The zero-order chi connectivity index (χ0) is 16.9. The molecule has 1 heterocycles. The second-order valence-corrected chi connectivity index (χ2v) is 6.16. The Labute approximate surface area is 136 Å². The Kier molecular flexibility index (Phi) is 5.79. The van der Waals surface area contributed by atoms with E-state index >= 15 is 0 Å². The standard InChI is InChI=1S/C16H17F3N2OS/c1-2-21(10-12-6-5-9-23-12)11-15(22)20-14-8-4-3-7-13(14)16(17,18)19/h3-9H,2,10-11H2,1H3,(H,20,22)/p+1. The number of likely N-dealkylation sites (N-methyl/N-ethyl adjacent to an activating group) is 1. The molecule has 1 atom stereocenters. The van der Waals surface area contributed by atoms with Gasteiger partial charge in [0, 0.05) is 0 Å². The average Bonchev–Trinajstić information content (AvgIpc) is 2.99. The maximum absolute atomic E-state index is 12.9. The molecule has 3 nitrogen and oxygen atoms in total. The van der Waals surface area contributed by atoms with Crippen molar-refractivity contribution in [2.45, 2.75) is 19.6 Å². The second-order valence-electron chi connectivity index (χ2n) is 5.13. The topological polar surface area (TPSA) is 33.5 Å². The molecule has 0 saturated carbocycles. The Morgan fingerprint density at radius 1 is 1.22 bits per heavy atom. The van der Waals surface area contributed by atoms with Crippen molar-refractivity contribution >= 4 is 22.9 Å². The van der Waals surface area contributed by atoms with Crippen molar-refractivity contribution in [2.24, 2.45) is 0 Å². The van der Waals surface area contributed by atoms with E-state index in [4.69, 9.17) is 0 Å². The van der Waals surface area contributed by atoms with Crippen molar-refractivity contribution in [3.05, 3.63) is 52.2 Å². The molecule has 124 valence electrons. The van der Waals surface area contributed by atoms with E-state index in [2.05, 4.69) is 5.32 Å². The van der Waals surface area contributed by atoms with Crippen LogP contribution in [-0.4, -0.2) is 19.0 Å². The molecule has 1 unspecified atom stereocenters. The van der Waals surface area contributed by atoms with Gasteiger partial charge < -0.3 is 10.2 Å². The Morgan fingerprint density at radius 2 is 1.96 bits per heavy atom. The van der Waals surface area contributed by atoms with Crippen LogP contribution in [0.1, 0.15) is 17.4 Å². The highest BCUT2D eigenvalue weighted by atomic mass is 32.1. The fourth-order valence-corrected chi connectivity index (χ4v) is 3.01. The molecule has 0 aliphatic rings. The number of halogens is 3. The molecule has 23 heavy (non-hydrogen) atoms. The molecule has 0 saturated heterocycles. The van der Waals surface area contributed by atoms with Crippen LogP contribution >= 0.6 is 11.3 Å². The number of carbonyl (C=O) groups is 1. The van der Waals surface area contributed by atoms with E-state index < -0.39 is 17.6 Å². The highest BCUT2D eigenvalue weighted by Gasteiger charge is 2.33. The fraction of sp³-hybridized carbons (Fsp3) is 0.312. The molecular weight excluding hydrogens is 325 g/mol. The number of anilines is 1. The number of hydrogen-bond donors (Lipinski definition) is 2. The van der Waals surface area contributed by atoms with E-state index in [1.165, 1.54) is 18.2 Å². The van der Waals surface area contributed by atoms with Gasteiger partial charge in [-0.25, -0.2) is 0 Å². The first kappa shape index (κ1) is 17.5. The Morgan fingerprint density at radius 3 is 2.57 bits per heavy atom. The number of hydrogen-bond acceptors (Lipinski definition) is 2. The monoisotopic (exact) mass is 343 g/mol. The van der Waals surface area contributed by atoms with E-state index in [9.17, 15) is 18.0 Å². The average molecular weight is 343 g/mol. The quantitative estimate of drug-likeness (QED) is 0.831. The van der Waals surface area contributed by atoms with Crippen LogP contribution in [0.5, 0.6) is 0 Å². The fourth-order valence-electron chi connectivity index (χ4n) is 2.23. The molecule has 0 fully saturated rings. The third kappa shape index (κ3) is 5.07. The van der Waals surface area contributed by atoms with E-state index in [1.54, 1.807) is 11.3 Å². The predicted molar refractivity (Wildman–Crippen MR) is 84.5 cm³/mol. The number of amides is 1. The SMILES string of the molecule is CC[NH+](CC(=O)Nc1ccccc1C(F)(F)F)Cc1cccs1. The Bertz CT molecular complexity index is 641. The molecule has 7 heteroatoms. The summed E-state index contributed by atoms with van der Waals surface area (Å²) in [5, 5.41) is 4.35. The molecular formula is C16H18F3N2OS+. The molecule has 0 bridgehead atoms. The maximum atomic E-state index is 12.9. The van der Waals surface area contributed by atoms with Gasteiger partial charge in [-0.15, -0.1) is 11.3 Å². The molecule has 0 spiro atoms. The van der Waals surface area contributed by atoms with Gasteiger partial charge in [-0.3, -0.25) is 4.79 Å². The van der Waals surface area contributed by atoms with Gasteiger partial charge in [0.15, 0.2) is 6.54 Å². The number of nitrogens with one attached hydrogen (secondary N) is 2. The summed E-state index contributed by atoms with van der Waals surface area (Å²) in [5.74, 6) is -0.421. The van der Waals surface area contributed by atoms with Gasteiger partial charge in [-0.1, -0.05) is 18.2 Å². The lowest BCUT2D eigenvalue weighted by atomic mass is 10.1. The van der Waals surface area contributed by atoms with E-state index in [0.29, 0.717) is 13.1 Å². The van der Waals surface area contributed by atoms with Gasteiger partial charge in [-0.05, 0) is 30.5 Å². The van der Waals surface area contributed by atoms with E-state index in [0.717, 1.165) is 15.8 Å². The minimum atomic E-state index is -4.49. The van der Waals surface area contributed by atoms with Crippen LogP contribution in [0.15, 0.2) is 41.8 Å². The summed E-state index contributed by atoms with van der Waals surface area (Å²) in [4.78, 5) is 14.2. The van der Waals surface area contributed by atoms with Crippen LogP contribution in [0.2, 0.25) is 0 Å². The number of alkyl halides is 3. The number of thiophene rings is 1. The first-order chi connectivity index (χ1) is 10.9. The zero-order valence-corrected chi connectivity index (χ0v) is 13.4. The molecule has 0 radical (unpaired) electrons. The summed E-state index contributed by atoms with van der Waals surface area (Å²) in [6.07, 6.45) is -4.49. The first-order valence-electron chi connectivity index (χ1n) is 7.22. The summed E-state index contributed by atoms with van der Waals surface area (Å²) < 4.78 is 38.8. The third-order valence-electron chi connectivity index (χ3n) is 3.42. The maximum Gasteiger partial charge on any atom is 0.418 e. The van der Waals surface area contributed by atoms with Crippen LogP contribution in [0.4, 0.5) is 18.9 Å². The zero-order valence-electron chi connectivity index (χ0n) is 12.6. The molecule has 0 aliphatic heterocycles. The van der Waals surface area contributed by atoms with Gasteiger partial charge in [0.05, 0.1) is 22.7 Å². The van der Waals surface area contributed by atoms with E-state index in [1.807, 2.05) is 24.4 Å². The van der Waals surface area contributed by atoms with Crippen LogP contribution in [0, 0.1) is 0 Å². The summed E-state index contributed by atoms with van der Waals surface area (Å²) >= 11 is 1.60. The minimum Gasteiger partial charge on any atom is -0.323 e. The molecule has 1 aromatic heterocycles. The number of quaternary nitrogens is 1. The van der Waals surface area contributed by atoms with Crippen molar-refractivity contribution in [1.82, 2.24) is 0 Å². The molecule has 2 N–H and O–H groups in total. The largest absolute Gasteiger partial charge is 0.418 e. The Balaban J connectivity index is 2.02. The van der Waals surface area contributed by atoms with Crippen molar-refractivity contribution in [1.29, 1.82) is 0 Å². The molecule has 1 aromatic carbocycles. The van der Waals surface area contributed by atoms with Crippen molar-refractivity contribution < 1.29 is 22.9 Å². The van der Waals surface area contributed by atoms with E-state index in [-0.39, 0.29) is 12.2 Å². The van der Waals surface area contributed by atoms with Gasteiger partial charge in [-0.2, -0.15) is 13.2 Å². The van der Waals surface area contributed by atoms with Crippen LogP contribution in [0.3, 0.4) is 0 Å². The number of carbonyl (C=O) groups excluding carboxylic acids is 1. The summed E-state index contributed by atoms with van der Waals surface area (Å²) in [6.45, 7) is 3.47. The van der Waals surface area contributed by atoms with Crippen LogP contribution < -0.4 is 10.2 Å². The first-order valence-corrected chi connectivity index (χ1v) is 8.10. The molecule has 0 aliphatic carbocycles. The number of rotatable bonds is 6.